The highest BCUT2D eigenvalue weighted by molar-refractivity contribution is 6.30. The molecule has 0 radical (unpaired) electrons. The van der Waals surface area contributed by atoms with Gasteiger partial charge in [0.05, 0.1) is 18.2 Å². The number of carbonyl (C=O) groups excluding carboxylic acids is 1. The van der Waals surface area contributed by atoms with Crippen LogP contribution in [0, 0.1) is 13.8 Å². The van der Waals surface area contributed by atoms with E-state index in [1.807, 2.05) is 32.0 Å². The quantitative estimate of drug-likeness (QED) is 0.784. The highest BCUT2D eigenvalue weighted by Crippen LogP contribution is 2.33. The number of aliphatic hydroxyl groups is 1. The van der Waals surface area contributed by atoms with Crippen molar-refractivity contribution in [2.45, 2.75) is 57.8 Å². The van der Waals surface area contributed by atoms with Gasteiger partial charge >= 0.3 is 0 Å². The summed E-state index contributed by atoms with van der Waals surface area (Å²) in [6, 6.07) is 9.08. The average Bonchev–Trinajstić information content (AvgIpc) is 3.25. The van der Waals surface area contributed by atoms with Crippen molar-refractivity contribution in [2.75, 3.05) is 19.7 Å². The minimum Gasteiger partial charge on any atom is -0.385 e. The molecule has 1 N–H and O–H groups in total. The lowest BCUT2D eigenvalue weighted by Crippen LogP contribution is -2.47. The minimum absolute atomic E-state index is 0.0198. The second-order valence-corrected chi connectivity index (χ2v) is 9.16. The second-order valence-electron chi connectivity index (χ2n) is 8.73. The van der Waals surface area contributed by atoms with Crippen molar-refractivity contribution in [3.05, 3.63) is 68.1 Å². The zero-order valence-electron chi connectivity index (χ0n) is 18.1. The highest BCUT2D eigenvalue weighted by Gasteiger charge is 2.36. The number of carbonyl (C=O) groups is 1. The number of ether oxygens (including phenoxy) is 1. The lowest BCUT2D eigenvalue weighted by molar-refractivity contribution is -0.0212. The fraction of sp³-hybridized carbons (Fsp3) is 0.500. The molecule has 31 heavy (non-hydrogen) atoms. The summed E-state index contributed by atoms with van der Waals surface area (Å²) in [7, 11) is 0. The van der Waals surface area contributed by atoms with Gasteiger partial charge in [0.1, 0.15) is 5.56 Å². The largest absolute Gasteiger partial charge is 0.385 e. The molecule has 1 amide bonds. The predicted octanol–water partition coefficient (Wildman–Crippen LogP) is 3.42. The monoisotopic (exact) mass is 444 g/mol. The molecule has 3 heterocycles. The molecule has 0 aliphatic carbocycles. The van der Waals surface area contributed by atoms with Crippen LogP contribution < -0.4 is 5.56 Å². The van der Waals surface area contributed by atoms with Crippen molar-refractivity contribution in [3.8, 4) is 0 Å². The smallest absolute Gasteiger partial charge is 0.263 e. The zero-order valence-corrected chi connectivity index (χ0v) is 18.8. The summed E-state index contributed by atoms with van der Waals surface area (Å²) in [4.78, 5) is 28.3. The molecule has 1 aromatic carbocycles. The molecular weight excluding hydrogens is 416 g/mol. The van der Waals surface area contributed by atoms with Crippen LogP contribution in [0.2, 0.25) is 5.02 Å². The summed E-state index contributed by atoms with van der Waals surface area (Å²) >= 11 is 5.96. The molecule has 1 aromatic heterocycles. The molecule has 2 aromatic rings. The maximum absolute atomic E-state index is 13.3. The van der Waals surface area contributed by atoms with Gasteiger partial charge in [0.2, 0.25) is 0 Å². The summed E-state index contributed by atoms with van der Waals surface area (Å²) in [5, 5.41) is 11.7. The number of hydrogen-bond acceptors (Lipinski definition) is 4. The number of aryl methyl sites for hydroxylation is 2. The van der Waals surface area contributed by atoms with Crippen LogP contribution in [0.15, 0.2) is 35.1 Å². The normalized spacial score (nSPS) is 20.8. The topological polar surface area (TPSA) is 71.8 Å². The first-order valence-corrected chi connectivity index (χ1v) is 11.3. The molecular formula is C24H29ClN2O4. The highest BCUT2D eigenvalue weighted by atomic mass is 35.5. The number of amides is 1. The van der Waals surface area contributed by atoms with Crippen LogP contribution in [-0.2, 0) is 16.9 Å². The number of nitrogens with zero attached hydrogens (tertiary/aromatic N) is 2. The molecule has 1 atom stereocenters. The molecule has 0 saturated carbocycles. The van der Waals surface area contributed by atoms with Gasteiger partial charge in [-0.3, -0.25) is 9.59 Å². The molecule has 2 aliphatic heterocycles. The summed E-state index contributed by atoms with van der Waals surface area (Å²) < 4.78 is 7.37. The molecule has 166 valence electrons. The predicted molar refractivity (Wildman–Crippen MR) is 120 cm³/mol. The van der Waals surface area contributed by atoms with E-state index in [-0.39, 0.29) is 23.1 Å². The Morgan fingerprint density at radius 1 is 1.23 bits per heavy atom. The lowest BCUT2D eigenvalue weighted by atomic mass is 9.84. The van der Waals surface area contributed by atoms with Crippen LogP contribution in [0.1, 0.15) is 52.9 Å². The minimum atomic E-state index is -0.996. The van der Waals surface area contributed by atoms with Gasteiger partial charge in [0.15, 0.2) is 0 Å². The van der Waals surface area contributed by atoms with Gasteiger partial charge in [0, 0.05) is 30.4 Å². The Labute approximate surface area is 187 Å². The van der Waals surface area contributed by atoms with Crippen LogP contribution in [0.4, 0.5) is 0 Å². The molecule has 0 bridgehead atoms. The number of halogens is 1. The summed E-state index contributed by atoms with van der Waals surface area (Å²) in [5.74, 6) is -0.262. The van der Waals surface area contributed by atoms with Crippen LogP contribution in [0.5, 0.6) is 0 Å². The van der Waals surface area contributed by atoms with E-state index in [0.717, 1.165) is 30.7 Å². The van der Waals surface area contributed by atoms with E-state index in [1.165, 1.54) is 0 Å². The number of pyridine rings is 1. The molecule has 0 unspecified atom stereocenters. The third-order valence-corrected chi connectivity index (χ3v) is 6.84. The van der Waals surface area contributed by atoms with Crippen molar-refractivity contribution in [1.29, 1.82) is 0 Å². The average molecular weight is 445 g/mol. The van der Waals surface area contributed by atoms with Gasteiger partial charge < -0.3 is 19.3 Å². The number of likely N-dealkylation sites (tertiary alicyclic amines) is 1. The molecule has 2 aliphatic rings. The molecule has 4 rings (SSSR count). The van der Waals surface area contributed by atoms with E-state index < -0.39 is 5.60 Å². The fourth-order valence-electron chi connectivity index (χ4n) is 4.69. The second kappa shape index (κ2) is 8.77. The first kappa shape index (κ1) is 22.1. The fourth-order valence-corrected chi connectivity index (χ4v) is 4.82. The third-order valence-electron chi connectivity index (χ3n) is 6.59. The van der Waals surface area contributed by atoms with Crippen molar-refractivity contribution < 1.29 is 14.6 Å². The van der Waals surface area contributed by atoms with Gasteiger partial charge in [-0.2, -0.15) is 0 Å². The summed E-state index contributed by atoms with van der Waals surface area (Å²) in [5.41, 5.74) is 1.30. The molecule has 7 heteroatoms. The van der Waals surface area contributed by atoms with Crippen LogP contribution in [0.25, 0.3) is 0 Å². The van der Waals surface area contributed by atoms with Crippen LogP contribution >= 0.6 is 11.6 Å². The maximum Gasteiger partial charge on any atom is 0.263 e. The van der Waals surface area contributed by atoms with Crippen molar-refractivity contribution in [2.24, 2.45) is 0 Å². The van der Waals surface area contributed by atoms with Gasteiger partial charge in [0.25, 0.3) is 11.5 Å². The molecule has 2 fully saturated rings. The molecule has 6 nitrogen and oxygen atoms in total. The Bertz CT molecular complexity index is 1020. The first-order chi connectivity index (χ1) is 14.8. The van der Waals surface area contributed by atoms with E-state index in [1.54, 1.807) is 21.6 Å². The Morgan fingerprint density at radius 3 is 2.52 bits per heavy atom. The van der Waals surface area contributed by atoms with E-state index in [2.05, 4.69) is 0 Å². The van der Waals surface area contributed by atoms with Crippen LogP contribution in [-0.4, -0.2) is 46.3 Å². The number of rotatable bonds is 4. The number of piperidine rings is 1. The lowest BCUT2D eigenvalue weighted by Gasteiger charge is -2.38. The van der Waals surface area contributed by atoms with Gasteiger partial charge in [-0.1, -0.05) is 23.7 Å². The Hall–Kier alpha value is -2.15. The Balaban J connectivity index is 1.53. The van der Waals surface area contributed by atoms with Crippen molar-refractivity contribution in [3.63, 3.8) is 0 Å². The van der Waals surface area contributed by atoms with E-state index >= 15 is 0 Å². The summed E-state index contributed by atoms with van der Waals surface area (Å²) in [6.45, 7) is 5.67. The Morgan fingerprint density at radius 2 is 1.90 bits per heavy atom. The number of benzene rings is 1. The third kappa shape index (κ3) is 4.43. The van der Waals surface area contributed by atoms with Gasteiger partial charge in [-0.05, 0) is 68.9 Å². The zero-order chi connectivity index (χ0) is 22.2. The van der Waals surface area contributed by atoms with Gasteiger partial charge in [-0.15, -0.1) is 0 Å². The SMILES string of the molecule is Cc1cc(C)n(C[C@@H]2CCCO2)c(=O)c1C(=O)N1CCC(O)(c2ccc(Cl)cc2)CC1. The summed E-state index contributed by atoms with van der Waals surface area (Å²) in [6.07, 6.45) is 2.77. The van der Waals surface area contributed by atoms with Crippen LogP contribution in [0.3, 0.4) is 0 Å². The van der Waals surface area contributed by atoms with E-state index in [4.69, 9.17) is 16.3 Å². The standard InChI is InChI=1S/C24H29ClN2O4/c1-16-14-17(2)27(15-20-4-3-13-31-20)23(29)21(16)22(28)26-11-9-24(30,10-12-26)18-5-7-19(25)8-6-18/h5-8,14,20,30H,3-4,9-13,15H2,1-2H3/t20-/m0/s1. The Kier molecular flexibility index (Phi) is 6.24. The van der Waals surface area contributed by atoms with E-state index in [0.29, 0.717) is 43.1 Å². The maximum atomic E-state index is 13.3. The number of aromatic nitrogens is 1. The van der Waals surface area contributed by atoms with Crippen molar-refractivity contribution in [1.82, 2.24) is 9.47 Å². The molecule has 0 spiro atoms. The number of hydrogen-bond donors (Lipinski definition) is 1. The molecule has 2 saturated heterocycles. The van der Waals surface area contributed by atoms with E-state index in [9.17, 15) is 14.7 Å². The van der Waals surface area contributed by atoms with Crippen molar-refractivity contribution >= 4 is 17.5 Å². The first-order valence-electron chi connectivity index (χ1n) is 10.9. The van der Waals surface area contributed by atoms with Gasteiger partial charge in [-0.25, -0.2) is 0 Å².